The molecule has 2 heterocycles. The Labute approximate surface area is 103 Å². The number of nitrogens with zero attached hydrogens (tertiary/aromatic N) is 1. The molecule has 2 saturated heterocycles. The molecule has 1 aromatic carbocycles. The number of anilines is 2. The van der Waals surface area contributed by atoms with E-state index in [9.17, 15) is 0 Å². The normalized spacial score (nSPS) is 28.3. The first-order chi connectivity index (χ1) is 8.24. The molecule has 0 radical (unpaired) electrons. The van der Waals surface area contributed by atoms with Crippen molar-refractivity contribution in [2.45, 2.75) is 38.3 Å². The summed E-state index contributed by atoms with van der Waals surface area (Å²) in [4.78, 5) is 2.62. The predicted molar refractivity (Wildman–Crippen MR) is 72.2 cm³/mol. The zero-order valence-electron chi connectivity index (χ0n) is 10.4. The third kappa shape index (κ3) is 2.00. The second kappa shape index (κ2) is 4.22. The summed E-state index contributed by atoms with van der Waals surface area (Å²) in [5, 5.41) is 3.66. The summed E-state index contributed by atoms with van der Waals surface area (Å²) in [5.41, 5.74) is 9.17. The molecule has 2 aliphatic rings. The number of fused-ring (bicyclic) bond motifs is 1. The van der Waals surface area contributed by atoms with E-state index in [0.717, 1.165) is 17.3 Å². The van der Waals surface area contributed by atoms with E-state index in [2.05, 4.69) is 28.4 Å². The van der Waals surface area contributed by atoms with Crippen LogP contribution in [0.1, 0.15) is 24.8 Å². The van der Waals surface area contributed by atoms with Crippen molar-refractivity contribution in [3.05, 3.63) is 23.8 Å². The molecule has 2 atom stereocenters. The van der Waals surface area contributed by atoms with Crippen molar-refractivity contribution < 1.29 is 0 Å². The van der Waals surface area contributed by atoms with E-state index < -0.39 is 0 Å². The van der Waals surface area contributed by atoms with Crippen LogP contribution in [0, 0.1) is 6.92 Å². The molecule has 0 amide bonds. The lowest BCUT2D eigenvalue weighted by molar-refractivity contribution is 0.318. The fourth-order valence-corrected chi connectivity index (χ4v) is 3.20. The average molecular weight is 231 g/mol. The van der Waals surface area contributed by atoms with Crippen LogP contribution in [0.25, 0.3) is 0 Å². The van der Waals surface area contributed by atoms with Crippen LogP contribution in [0.3, 0.4) is 0 Å². The molecule has 92 valence electrons. The second-order valence-corrected chi connectivity index (χ2v) is 5.36. The highest BCUT2D eigenvalue weighted by atomic mass is 15.2. The number of aryl methyl sites for hydroxylation is 1. The Bertz CT molecular complexity index is 416. The Kier molecular flexibility index (Phi) is 2.71. The maximum atomic E-state index is 5.95. The highest BCUT2D eigenvalue weighted by molar-refractivity contribution is 5.58. The average Bonchev–Trinajstić information content (AvgIpc) is 2.88. The van der Waals surface area contributed by atoms with Crippen LogP contribution in [0.4, 0.5) is 11.4 Å². The largest absolute Gasteiger partial charge is 0.398 e. The molecule has 0 bridgehead atoms. The Hall–Kier alpha value is -1.22. The maximum absolute atomic E-state index is 5.95. The lowest BCUT2D eigenvalue weighted by Crippen LogP contribution is -2.33. The van der Waals surface area contributed by atoms with Gasteiger partial charge in [0.2, 0.25) is 0 Å². The number of rotatable bonds is 2. The number of hydrogen-bond donors (Lipinski definition) is 2. The lowest BCUT2D eigenvalue weighted by Gasteiger charge is -2.22. The van der Waals surface area contributed by atoms with Gasteiger partial charge in [0.1, 0.15) is 0 Å². The van der Waals surface area contributed by atoms with Gasteiger partial charge in [0, 0.05) is 30.0 Å². The molecule has 3 rings (SSSR count). The zero-order chi connectivity index (χ0) is 11.8. The molecular formula is C14H21N3. The molecule has 2 aliphatic heterocycles. The molecule has 0 aliphatic carbocycles. The third-order valence-electron chi connectivity index (χ3n) is 4.24. The predicted octanol–water partition coefficient (Wildman–Crippen LogP) is 2.23. The number of benzene rings is 1. The van der Waals surface area contributed by atoms with Crippen molar-refractivity contribution in [2.75, 3.05) is 24.1 Å². The van der Waals surface area contributed by atoms with Crippen molar-refractivity contribution in [1.29, 1.82) is 0 Å². The Morgan fingerprint density at radius 2 is 2.18 bits per heavy atom. The molecule has 0 saturated carbocycles. The number of nitrogens with two attached hydrogens (primary N) is 1. The smallest absolute Gasteiger partial charge is 0.0429 e. The number of nitrogen functional groups attached to an aromatic ring is 1. The number of hydrogen-bond acceptors (Lipinski definition) is 3. The molecule has 3 nitrogen and oxygen atoms in total. The van der Waals surface area contributed by atoms with Gasteiger partial charge in [0.05, 0.1) is 0 Å². The summed E-state index contributed by atoms with van der Waals surface area (Å²) < 4.78 is 0. The highest BCUT2D eigenvalue weighted by Crippen LogP contribution is 2.30. The molecule has 0 spiro atoms. The standard InChI is InChI=1S/C14H21N3/c1-10-4-5-11(9-12(10)15)16-13-6-8-17-7-2-3-14(13)17/h4-5,9,13-14,16H,2-3,6-8,15H2,1H3. The minimum atomic E-state index is 0.611. The van der Waals surface area contributed by atoms with E-state index >= 15 is 0 Å². The molecule has 2 fully saturated rings. The minimum absolute atomic E-state index is 0.611. The minimum Gasteiger partial charge on any atom is -0.398 e. The summed E-state index contributed by atoms with van der Waals surface area (Å²) >= 11 is 0. The van der Waals surface area contributed by atoms with Crippen LogP contribution < -0.4 is 11.1 Å². The van der Waals surface area contributed by atoms with Crippen LogP contribution in [0.15, 0.2) is 18.2 Å². The SMILES string of the molecule is Cc1ccc(NC2CCN3CCCC23)cc1N. The van der Waals surface area contributed by atoms with E-state index in [0.29, 0.717) is 6.04 Å². The van der Waals surface area contributed by atoms with Crippen LogP contribution >= 0.6 is 0 Å². The van der Waals surface area contributed by atoms with E-state index in [1.807, 2.05) is 6.92 Å². The van der Waals surface area contributed by atoms with Crippen LogP contribution in [-0.4, -0.2) is 30.1 Å². The lowest BCUT2D eigenvalue weighted by atomic mass is 10.1. The van der Waals surface area contributed by atoms with Crippen molar-refractivity contribution in [3.8, 4) is 0 Å². The first-order valence-electron chi connectivity index (χ1n) is 6.61. The Balaban J connectivity index is 1.72. The van der Waals surface area contributed by atoms with Gasteiger partial charge < -0.3 is 11.1 Å². The van der Waals surface area contributed by atoms with Crippen LogP contribution in [0.2, 0.25) is 0 Å². The van der Waals surface area contributed by atoms with Crippen LogP contribution in [0.5, 0.6) is 0 Å². The molecule has 1 aromatic rings. The molecule has 2 unspecified atom stereocenters. The zero-order valence-corrected chi connectivity index (χ0v) is 10.4. The van der Waals surface area contributed by atoms with Crippen LogP contribution in [-0.2, 0) is 0 Å². The van der Waals surface area contributed by atoms with E-state index in [1.165, 1.54) is 38.0 Å². The summed E-state index contributed by atoms with van der Waals surface area (Å²) in [7, 11) is 0. The molecule has 17 heavy (non-hydrogen) atoms. The van der Waals surface area contributed by atoms with Crippen molar-refractivity contribution in [2.24, 2.45) is 0 Å². The van der Waals surface area contributed by atoms with Gasteiger partial charge in [-0.15, -0.1) is 0 Å². The van der Waals surface area contributed by atoms with E-state index in [-0.39, 0.29) is 0 Å². The van der Waals surface area contributed by atoms with Gasteiger partial charge in [0.15, 0.2) is 0 Å². The second-order valence-electron chi connectivity index (χ2n) is 5.36. The highest BCUT2D eigenvalue weighted by Gasteiger charge is 2.36. The fourth-order valence-electron chi connectivity index (χ4n) is 3.20. The van der Waals surface area contributed by atoms with E-state index in [1.54, 1.807) is 0 Å². The van der Waals surface area contributed by atoms with Gasteiger partial charge in [-0.05, 0) is 50.4 Å². The quantitative estimate of drug-likeness (QED) is 0.767. The van der Waals surface area contributed by atoms with Crippen molar-refractivity contribution >= 4 is 11.4 Å². The van der Waals surface area contributed by atoms with Crippen molar-refractivity contribution in [1.82, 2.24) is 4.90 Å². The van der Waals surface area contributed by atoms with Gasteiger partial charge in [0.25, 0.3) is 0 Å². The number of nitrogens with one attached hydrogen (secondary N) is 1. The van der Waals surface area contributed by atoms with Gasteiger partial charge in [-0.2, -0.15) is 0 Å². The Morgan fingerprint density at radius 3 is 3.00 bits per heavy atom. The molecule has 0 aromatic heterocycles. The van der Waals surface area contributed by atoms with Crippen molar-refractivity contribution in [3.63, 3.8) is 0 Å². The molecule has 3 heteroatoms. The topological polar surface area (TPSA) is 41.3 Å². The third-order valence-corrected chi connectivity index (χ3v) is 4.24. The first kappa shape index (κ1) is 10.9. The molecule has 3 N–H and O–H groups in total. The van der Waals surface area contributed by atoms with Gasteiger partial charge in [-0.1, -0.05) is 6.07 Å². The summed E-state index contributed by atoms with van der Waals surface area (Å²) in [6.07, 6.45) is 3.97. The van der Waals surface area contributed by atoms with Gasteiger partial charge in [-0.3, -0.25) is 4.90 Å². The first-order valence-corrected chi connectivity index (χ1v) is 6.61. The monoisotopic (exact) mass is 231 g/mol. The summed E-state index contributed by atoms with van der Waals surface area (Å²) in [6.45, 7) is 4.59. The summed E-state index contributed by atoms with van der Waals surface area (Å²) in [5.74, 6) is 0. The maximum Gasteiger partial charge on any atom is 0.0429 e. The Morgan fingerprint density at radius 1 is 1.29 bits per heavy atom. The van der Waals surface area contributed by atoms with Gasteiger partial charge >= 0.3 is 0 Å². The molecular weight excluding hydrogens is 210 g/mol. The van der Waals surface area contributed by atoms with E-state index in [4.69, 9.17) is 5.73 Å². The summed E-state index contributed by atoms with van der Waals surface area (Å²) in [6, 6.07) is 7.66. The van der Waals surface area contributed by atoms with Gasteiger partial charge in [-0.25, -0.2) is 0 Å². The fraction of sp³-hybridized carbons (Fsp3) is 0.571.